The monoisotopic (exact) mass is 232 g/mol. The lowest BCUT2D eigenvalue weighted by Crippen LogP contribution is -2.02. The molecule has 0 amide bonds. The maximum Gasteiger partial charge on any atom is 0.0844 e. The molecule has 1 N–H and O–H groups in total. The van der Waals surface area contributed by atoms with E-state index < -0.39 is 6.10 Å². The molecular formula is C14H13ClO. The third-order valence-electron chi connectivity index (χ3n) is 2.54. The molecular weight excluding hydrogens is 220 g/mol. The minimum absolute atomic E-state index is 0.545. The number of hydrogen-bond donors (Lipinski definition) is 1. The van der Waals surface area contributed by atoms with Crippen molar-refractivity contribution < 1.29 is 5.11 Å². The van der Waals surface area contributed by atoms with Crippen LogP contribution in [0.1, 0.15) is 17.2 Å². The van der Waals surface area contributed by atoms with Crippen LogP contribution < -0.4 is 0 Å². The summed E-state index contributed by atoms with van der Waals surface area (Å²) in [4.78, 5) is 0. The molecule has 1 nitrogen and oxygen atoms in total. The smallest absolute Gasteiger partial charge is 0.0844 e. The molecule has 0 aliphatic rings. The molecule has 0 saturated heterocycles. The second kappa shape index (κ2) is 5.15. The predicted octanol–water partition coefficient (Wildman–Crippen LogP) is 3.62. The third kappa shape index (κ3) is 2.63. The van der Waals surface area contributed by atoms with Crippen molar-refractivity contribution in [2.24, 2.45) is 0 Å². The Bertz CT molecular complexity index is 453. The Labute approximate surface area is 100 Å². The molecule has 0 spiro atoms. The molecule has 0 fully saturated rings. The van der Waals surface area contributed by atoms with E-state index in [0.29, 0.717) is 11.4 Å². The average Bonchev–Trinajstić information content (AvgIpc) is 2.31. The standard InChI is InChI=1S/C14H13ClO/c15-13-9-5-4-8-12(13)14(16)10-11-6-2-1-3-7-11/h1-9,14,16H,10H2/t14-/m1/s1. The van der Waals surface area contributed by atoms with Crippen molar-refractivity contribution in [3.8, 4) is 0 Å². The Morgan fingerprint density at radius 3 is 2.25 bits per heavy atom. The van der Waals surface area contributed by atoms with Crippen LogP contribution in [0.3, 0.4) is 0 Å². The molecule has 0 aliphatic carbocycles. The summed E-state index contributed by atoms with van der Waals surface area (Å²) in [7, 11) is 0. The van der Waals surface area contributed by atoms with E-state index in [-0.39, 0.29) is 0 Å². The molecule has 2 heteroatoms. The molecule has 0 saturated carbocycles. The maximum atomic E-state index is 10.1. The van der Waals surface area contributed by atoms with Crippen LogP contribution >= 0.6 is 11.6 Å². The van der Waals surface area contributed by atoms with Gasteiger partial charge in [0.25, 0.3) is 0 Å². The molecule has 2 aromatic carbocycles. The van der Waals surface area contributed by atoms with Crippen LogP contribution in [-0.4, -0.2) is 5.11 Å². The molecule has 0 aliphatic heterocycles. The van der Waals surface area contributed by atoms with E-state index >= 15 is 0 Å². The Morgan fingerprint density at radius 2 is 1.56 bits per heavy atom. The van der Waals surface area contributed by atoms with E-state index in [0.717, 1.165) is 11.1 Å². The van der Waals surface area contributed by atoms with E-state index in [4.69, 9.17) is 11.6 Å². The number of aliphatic hydroxyl groups is 1. The van der Waals surface area contributed by atoms with Gasteiger partial charge in [0.05, 0.1) is 6.10 Å². The minimum Gasteiger partial charge on any atom is -0.388 e. The molecule has 2 rings (SSSR count). The lowest BCUT2D eigenvalue weighted by atomic mass is 10.0. The third-order valence-corrected chi connectivity index (χ3v) is 2.88. The average molecular weight is 233 g/mol. The van der Waals surface area contributed by atoms with Gasteiger partial charge in [-0.05, 0) is 17.2 Å². The summed E-state index contributed by atoms with van der Waals surface area (Å²) in [5.74, 6) is 0. The summed E-state index contributed by atoms with van der Waals surface area (Å²) < 4.78 is 0. The highest BCUT2D eigenvalue weighted by Gasteiger charge is 2.11. The SMILES string of the molecule is O[C@H](Cc1ccccc1)c1ccccc1Cl. The van der Waals surface area contributed by atoms with Crippen molar-refractivity contribution in [2.75, 3.05) is 0 Å². The highest BCUT2D eigenvalue weighted by atomic mass is 35.5. The Morgan fingerprint density at radius 1 is 0.938 bits per heavy atom. The van der Waals surface area contributed by atoms with Gasteiger partial charge in [-0.3, -0.25) is 0 Å². The fourth-order valence-corrected chi connectivity index (χ4v) is 1.95. The van der Waals surface area contributed by atoms with Crippen LogP contribution in [0.2, 0.25) is 5.02 Å². The van der Waals surface area contributed by atoms with Crippen molar-refractivity contribution in [1.29, 1.82) is 0 Å². The highest BCUT2D eigenvalue weighted by molar-refractivity contribution is 6.31. The van der Waals surface area contributed by atoms with Gasteiger partial charge in [0, 0.05) is 11.4 Å². The Balaban J connectivity index is 2.15. The zero-order chi connectivity index (χ0) is 11.4. The van der Waals surface area contributed by atoms with Crippen LogP contribution in [0.4, 0.5) is 0 Å². The number of hydrogen-bond acceptors (Lipinski definition) is 1. The first-order valence-electron chi connectivity index (χ1n) is 5.24. The van der Waals surface area contributed by atoms with Crippen LogP contribution in [-0.2, 0) is 6.42 Å². The molecule has 16 heavy (non-hydrogen) atoms. The second-order valence-corrected chi connectivity index (χ2v) is 4.13. The van der Waals surface area contributed by atoms with E-state index in [9.17, 15) is 5.11 Å². The van der Waals surface area contributed by atoms with E-state index in [1.54, 1.807) is 6.07 Å². The van der Waals surface area contributed by atoms with Gasteiger partial charge in [0.2, 0.25) is 0 Å². The topological polar surface area (TPSA) is 20.2 Å². The lowest BCUT2D eigenvalue weighted by molar-refractivity contribution is 0.178. The van der Waals surface area contributed by atoms with E-state index in [1.165, 1.54) is 0 Å². The van der Waals surface area contributed by atoms with Crippen molar-refractivity contribution in [3.05, 3.63) is 70.7 Å². The first-order chi connectivity index (χ1) is 7.77. The van der Waals surface area contributed by atoms with Gasteiger partial charge in [-0.15, -0.1) is 0 Å². The maximum absolute atomic E-state index is 10.1. The zero-order valence-electron chi connectivity index (χ0n) is 8.81. The Kier molecular flexibility index (Phi) is 3.60. The normalized spacial score (nSPS) is 12.4. The summed E-state index contributed by atoms with van der Waals surface area (Å²) in [6.45, 7) is 0. The van der Waals surface area contributed by atoms with Crippen LogP contribution in [0, 0.1) is 0 Å². The van der Waals surface area contributed by atoms with Crippen LogP contribution in [0.25, 0.3) is 0 Å². The fraction of sp³-hybridized carbons (Fsp3) is 0.143. The molecule has 2 aromatic rings. The number of benzene rings is 2. The number of rotatable bonds is 3. The van der Waals surface area contributed by atoms with Crippen LogP contribution in [0.5, 0.6) is 0 Å². The molecule has 0 aromatic heterocycles. The zero-order valence-corrected chi connectivity index (χ0v) is 9.56. The van der Waals surface area contributed by atoms with Gasteiger partial charge < -0.3 is 5.11 Å². The summed E-state index contributed by atoms with van der Waals surface area (Å²) in [6, 6.07) is 17.3. The largest absolute Gasteiger partial charge is 0.388 e. The Hall–Kier alpha value is -1.31. The van der Waals surface area contributed by atoms with Gasteiger partial charge in [-0.25, -0.2) is 0 Å². The van der Waals surface area contributed by atoms with Crippen molar-refractivity contribution in [3.63, 3.8) is 0 Å². The van der Waals surface area contributed by atoms with E-state index in [2.05, 4.69) is 0 Å². The highest BCUT2D eigenvalue weighted by Crippen LogP contribution is 2.25. The number of aliphatic hydroxyl groups excluding tert-OH is 1. The predicted molar refractivity (Wildman–Crippen MR) is 66.6 cm³/mol. The first kappa shape index (κ1) is 11.2. The summed E-state index contributed by atoms with van der Waals surface area (Å²) in [5, 5.41) is 10.7. The second-order valence-electron chi connectivity index (χ2n) is 3.73. The first-order valence-corrected chi connectivity index (χ1v) is 5.61. The summed E-state index contributed by atoms with van der Waals surface area (Å²) in [5.41, 5.74) is 1.89. The van der Waals surface area contributed by atoms with Crippen molar-refractivity contribution in [2.45, 2.75) is 12.5 Å². The van der Waals surface area contributed by atoms with Gasteiger partial charge in [0.1, 0.15) is 0 Å². The molecule has 0 unspecified atom stereocenters. The number of halogens is 1. The molecule has 82 valence electrons. The molecule has 0 bridgehead atoms. The van der Waals surface area contributed by atoms with Crippen LogP contribution in [0.15, 0.2) is 54.6 Å². The van der Waals surface area contributed by atoms with Crippen molar-refractivity contribution in [1.82, 2.24) is 0 Å². The molecule has 1 atom stereocenters. The van der Waals surface area contributed by atoms with Crippen molar-refractivity contribution >= 4 is 11.6 Å². The van der Waals surface area contributed by atoms with Gasteiger partial charge in [0.15, 0.2) is 0 Å². The lowest BCUT2D eigenvalue weighted by Gasteiger charge is -2.12. The van der Waals surface area contributed by atoms with Gasteiger partial charge in [-0.2, -0.15) is 0 Å². The van der Waals surface area contributed by atoms with Gasteiger partial charge >= 0.3 is 0 Å². The van der Waals surface area contributed by atoms with E-state index in [1.807, 2.05) is 48.5 Å². The minimum atomic E-state index is -0.545. The quantitative estimate of drug-likeness (QED) is 0.857. The van der Waals surface area contributed by atoms with Gasteiger partial charge in [-0.1, -0.05) is 60.1 Å². The fourth-order valence-electron chi connectivity index (χ4n) is 1.69. The summed E-state index contributed by atoms with van der Waals surface area (Å²) >= 11 is 6.03. The molecule has 0 radical (unpaired) electrons. The molecule has 0 heterocycles. The summed E-state index contributed by atoms with van der Waals surface area (Å²) in [6.07, 6.45) is 0.0426.